The first-order valence-corrected chi connectivity index (χ1v) is 6.79. The lowest BCUT2D eigenvalue weighted by Gasteiger charge is -2.10. The number of hydrogen-bond acceptors (Lipinski definition) is 2. The van der Waals surface area contributed by atoms with Gasteiger partial charge in [0.25, 0.3) is 0 Å². The van der Waals surface area contributed by atoms with Crippen molar-refractivity contribution >= 4 is 12.4 Å². The van der Waals surface area contributed by atoms with E-state index >= 15 is 0 Å². The molecule has 0 aliphatic rings. The summed E-state index contributed by atoms with van der Waals surface area (Å²) in [4.78, 5) is 12.5. The molecule has 106 valence electrons. The van der Waals surface area contributed by atoms with E-state index in [1.807, 2.05) is 12.4 Å². The van der Waals surface area contributed by atoms with Crippen molar-refractivity contribution < 1.29 is 0 Å². The highest BCUT2D eigenvalue weighted by Gasteiger charge is 2.11. The molecule has 0 amide bonds. The first-order valence-electron chi connectivity index (χ1n) is 6.79. The summed E-state index contributed by atoms with van der Waals surface area (Å²) in [6.07, 6.45) is 3.85. The minimum absolute atomic E-state index is 0.0505. The fourth-order valence-corrected chi connectivity index (χ4v) is 1.51. The SMILES string of the molecule is Cc1c(/C=N/C(C)(C)C)[nH]c(/C=N/C(C)(C)C)c1C. The van der Waals surface area contributed by atoms with Crippen LogP contribution in [0.25, 0.3) is 0 Å². The van der Waals surface area contributed by atoms with E-state index in [1.54, 1.807) is 0 Å². The van der Waals surface area contributed by atoms with Crippen molar-refractivity contribution in [2.45, 2.75) is 66.5 Å². The van der Waals surface area contributed by atoms with Gasteiger partial charge < -0.3 is 4.98 Å². The van der Waals surface area contributed by atoms with Crippen LogP contribution in [0, 0.1) is 13.8 Å². The lowest BCUT2D eigenvalue weighted by atomic mass is 10.1. The molecule has 0 saturated carbocycles. The van der Waals surface area contributed by atoms with Gasteiger partial charge in [0.2, 0.25) is 0 Å². The summed E-state index contributed by atoms with van der Waals surface area (Å²) >= 11 is 0. The van der Waals surface area contributed by atoms with Crippen molar-refractivity contribution in [3.63, 3.8) is 0 Å². The molecule has 1 aromatic heterocycles. The van der Waals surface area contributed by atoms with Gasteiger partial charge in [-0.3, -0.25) is 9.98 Å². The molecule has 0 saturated heterocycles. The Kier molecular flexibility index (Phi) is 4.39. The Bertz CT molecular complexity index is 447. The Hall–Kier alpha value is -1.38. The Balaban J connectivity index is 3.06. The predicted molar refractivity (Wildman–Crippen MR) is 85.0 cm³/mol. The van der Waals surface area contributed by atoms with E-state index in [-0.39, 0.29) is 11.1 Å². The highest BCUT2D eigenvalue weighted by Crippen LogP contribution is 2.17. The maximum absolute atomic E-state index is 4.55. The van der Waals surface area contributed by atoms with Gasteiger partial charge in [-0.25, -0.2) is 0 Å². The molecular weight excluding hydrogens is 234 g/mol. The van der Waals surface area contributed by atoms with E-state index in [0.29, 0.717) is 0 Å². The molecule has 3 nitrogen and oxygen atoms in total. The second-order valence-electron chi connectivity index (χ2n) is 7.06. The number of aliphatic imine (C=N–C) groups is 2. The molecule has 0 spiro atoms. The third kappa shape index (κ3) is 5.01. The molecule has 0 bridgehead atoms. The average molecular weight is 261 g/mol. The number of nitrogens with one attached hydrogen (secondary N) is 1. The number of hydrogen-bond donors (Lipinski definition) is 1. The Morgan fingerprint density at radius 3 is 1.32 bits per heavy atom. The van der Waals surface area contributed by atoms with Crippen LogP contribution in [-0.2, 0) is 0 Å². The number of H-pyrrole nitrogens is 1. The van der Waals surface area contributed by atoms with Gasteiger partial charge in [-0.15, -0.1) is 0 Å². The van der Waals surface area contributed by atoms with Crippen LogP contribution in [0.15, 0.2) is 9.98 Å². The van der Waals surface area contributed by atoms with Crippen molar-refractivity contribution in [3.8, 4) is 0 Å². The van der Waals surface area contributed by atoms with Crippen LogP contribution < -0.4 is 0 Å². The van der Waals surface area contributed by atoms with Gasteiger partial charge in [0.1, 0.15) is 0 Å². The van der Waals surface area contributed by atoms with Crippen molar-refractivity contribution in [2.24, 2.45) is 9.98 Å². The molecule has 1 N–H and O–H groups in total. The van der Waals surface area contributed by atoms with E-state index in [4.69, 9.17) is 0 Å². The third-order valence-corrected chi connectivity index (χ3v) is 2.80. The van der Waals surface area contributed by atoms with Gasteiger partial charge in [-0.2, -0.15) is 0 Å². The molecule has 0 fully saturated rings. The summed E-state index contributed by atoms with van der Waals surface area (Å²) in [5.41, 5.74) is 4.52. The van der Waals surface area contributed by atoms with E-state index in [0.717, 1.165) is 11.4 Å². The van der Waals surface area contributed by atoms with Crippen molar-refractivity contribution in [1.82, 2.24) is 4.98 Å². The summed E-state index contributed by atoms with van der Waals surface area (Å²) < 4.78 is 0. The maximum atomic E-state index is 4.55. The van der Waals surface area contributed by atoms with Gasteiger partial charge >= 0.3 is 0 Å². The zero-order chi connectivity index (χ0) is 14.8. The summed E-state index contributed by atoms with van der Waals surface area (Å²) in [5.74, 6) is 0. The van der Waals surface area contributed by atoms with Crippen molar-refractivity contribution in [3.05, 3.63) is 22.5 Å². The summed E-state index contributed by atoms with van der Waals surface area (Å²) in [5, 5.41) is 0. The molecule has 1 heterocycles. The highest BCUT2D eigenvalue weighted by molar-refractivity contribution is 5.87. The number of aromatic amines is 1. The second-order valence-corrected chi connectivity index (χ2v) is 7.06. The van der Waals surface area contributed by atoms with Crippen molar-refractivity contribution in [2.75, 3.05) is 0 Å². The van der Waals surface area contributed by atoms with Crippen molar-refractivity contribution in [1.29, 1.82) is 0 Å². The molecule has 0 unspecified atom stereocenters. The van der Waals surface area contributed by atoms with E-state index in [9.17, 15) is 0 Å². The minimum atomic E-state index is -0.0505. The zero-order valence-electron chi connectivity index (χ0n) is 13.5. The Labute approximate surface area is 117 Å². The van der Waals surface area contributed by atoms with Crippen LogP contribution in [-0.4, -0.2) is 28.5 Å². The molecule has 0 aliphatic heterocycles. The summed E-state index contributed by atoms with van der Waals surface area (Å²) in [6, 6.07) is 0. The Morgan fingerprint density at radius 2 is 1.05 bits per heavy atom. The highest BCUT2D eigenvalue weighted by atomic mass is 14.9. The first-order chi connectivity index (χ1) is 8.49. The molecule has 1 aromatic rings. The van der Waals surface area contributed by atoms with Crippen LogP contribution >= 0.6 is 0 Å². The van der Waals surface area contributed by atoms with Crippen LogP contribution in [0.4, 0.5) is 0 Å². The van der Waals surface area contributed by atoms with Gasteiger partial charge in [0.05, 0.1) is 22.5 Å². The van der Waals surface area contributed by atoms with E-state index in [1.165, 1.54) is 11.1 Å². The fraction of sp³-hybridized carbons (Fsp3) is 0.625. The van der Waals surface area contributed by atoms with Crippen LogP contribution in [0.1, 0.15) is 64.1 Å². The fourth-order valence-electron chi connectivity index (χ4n) is 1.51. The molecule has 0 aromatic carbocycles. The van der Waals surface area contributed by atoms with E-state index in [2.05, 4.69) is 70.4 Å². The summed E-state index contributed by atoms with van der Waals surface area (Å²) in [7, 11) is 0. The van der Waals surface area contributed by atoms with Gasteiger partial charge in [0, 0.05) is 12.4 Å². The third-order valence-electron chi connectivity index (χ3n) is 2.80. The largest absolute Gasteiger partial charge is 0.353 e. The normalized spacial score (nSPS) is 13.9. The molecule has 0 radical (unpaired) electrons. The monoisotopic (exact) mass is 261 g/mol. The molecule has 19 heavy (non-hydrogen) atoms. The van der Waals surface area contributed by atoms with Crippen LogP contribution in [0.2, 0.25) is 0 Å². The van der Waals surface area contributed by atoms with Crippen LogP contribution in [0.5, 0.6) is 0 Å². The average Bonchev–Trinajstić information content (AvgIpc) is 2.49. The molecular formula is C16H27N3. The second kappa shape index (κ2) is 5.32. The van der Waals surface area contributed by atoms with Gasteiger partial charge in [-0.05, 0) is 66.5 Å². The molecule has 0 atom stereocenters. The Morgan fingerprint density at radius 1 is 0.737 bits per heavy atom. The van der Waals surface area contributed by atoms with Gasteiger partial charge in [0.15, 0.2) is 0 Å². The topological polar surface area (TPSA) is 40.5 Å². The van der Waals surface area contributed by atoms with Crippen LogP contribution in [0.3, 0.4) is 0 Å². The number of rotatable bonds is 2. The first kappa shape index (κ1) is 15.7. The smallest absolute Gasteiger partial charge is 0.0599 e. The minimum Gasteiger partial charge on any atom is -0.353 e. The van der Waals surface area contributed by atoms with E-state index < -0.39 is 0 Å². The number of aromatic nitrogens is 1. The molecule has 1 rings (SSSR count). The number of nitrogens with zero attached hydrogens (tertiary/aromatic N) is 2. The molecule has 0 aliphatic carbocycles. The standard InChI is InChI=1S/C16H27N3/c1-11-12(2)14(10-18-16(6,7)8)19-13(11)9-17-15(3,4)5/h9-10,19H,1-8H3/b17-9+,18-10+. The predicted octanol–water partition coefficient (Wildman–Crippen LogP) is 4.07. The van der Waals surface area contributed by atoms with Gasteiger partial charge in [-0.1, -0.05) is 0 Å². The lowest BCUT2D eigenvalue weighted by Crippen LogP contribution is -2.10. The zero-order valence-corrected chi connectivity index (χ0v) is 13.5. The quantitative estimate of drug-likeness (QED) is 0.780. The lowest BCUT2D eigenvalue weighted by molar-refractivity contribution is 0.586. The summed E-state index contributed by atoms with van der Waals surface area (Å²) in [6.45, 7) is 16.8. The maximum Gasteiger partial charge on any atom is 0.0599 e. The molecule has 3 heteroatoms.